The van der Waals surface area contributed by atoms with Crippen LogP contribution in [0.2, 0.25) is 0 Å². The molecule has 0 bridgehead atoms. The first kappa shape index (κ1) is 9.07. The van der Waals surface area contributed by atoms with Gasteiger partial charge in [0.2, 0.25) is 0 Å². The largest absolute Gasteiger partial charge is 0.151 e. The van der Waals surface area contributed by atoms with Gasteiger partial charge in [-0.25, -0.2) is 0 Å². The Kier molecular flexibility index (Phi) is 8.13. The zero-order valence-corrected chi connectivity index (χ0v) is 7.37. The van der Waals surface area contributed by atoms with Gasteiger partial charge in [0, 0.05) is 4.43 Å². The first-order chi connectivity index (χ1) is 4.41. The number of allylic oxidation sites excluding steroid dienone is 1. The summed E-state index contributed by atoms with van der Waals surface area (Å²) in [5.41, 5.74) is 0. The van der Waals surface area contributed by atoms with Gasteiger partial charge in [0.25, 0.3) is 0 Å². The molecular weight excluding hydrogens is 229 g/mol. The summed E-state index contributed by atoms with van der Waals surface area (Å²) in [5.74, 6) is 0. The van der Waals surface area contributed by atoms with E-state index >= 15 is 0 Å². The van der Waals surface area contributed by atoms with Crippen molar-refractivity contribution < 1.29 is 0 Å². The minimum atomic E-state index is 0.414. The lowest BCUT2D eigenvalue weighted by molar-refractivity contribution is 0.990. The molecule has 0 aliphatic rings. The van der Waals surface area contributed by atoms with Crippen molar-refractivity contribution in [2.75, 3.05) is 11.0 Å². The molecule has 0 aromatic rings. The second kappa shape index (κ2) is 8.07. The molecule has 0 saturated carbocycles. The third kappa shape index (κ3) is 8.07. The summed E-state index contributed by atoms with van der Waals surface area (Å²) in [7, 11) is 0. The highest BCUT2D eigenvalue weighted by molar-refractivity contribution is 14.1. The molecule has 2 nitrogen and oxygen atoms in total. The fraction of sp³-hybridized carbons (Fsp3) is 0.667. The van der Waals surface area contributed by atoms with Crippen LogP contribution in [0, 0.1) is 4.91 Å². The van der Waals surface area contributed by atoms with Crippen LogP contribution in [0.25, 0.3) is 0 Å². The van der Waals surface area contributed by atoms with Gasteiger partial charge in [-0.3, -0.25) is 0 Å². The van der Waals surface area contributed by atoms with Gasteiger partial charge >= 0.3 is 0 Å². The smallest absolute Gasteiger partial charge is 0.0845 e. The van der Waals surface area contributed by atoms with E-state index in [4.69, 9.17) is 0 Å². The molecule has 3 heteroatoms. The average Bonchev–Trinajstić information content (AvgIpc) is 1.89. The van der Waals surface area contributed by atoms with E-state index in [2.05, 4.69) is 33.8 Å². The highest BCUT2D eigenvalue weighted by Crippen LogP contribution is 1.91. The standard InChI is InChI=1S/C6H10INO/c7-5-3-1-2-4-6-8-9/h1-2H,3-6H2/b2-1+. The van der Waals surface area contributed by atoms with Gasteiger partial charge in [-0.05, 0) is 12.8 Å². The van der Waals surface area contributed by atoms with Crippen molar-refractivity contribution in [3.63, 3.8) is 0 Å². The Morgan fingerprint density at radius 3 is 2.56 bits per heavy atom. The fourth-order valence-corrected chi connectivity index (χ4v) is 0.786. The fourth-order valence-electron chi connectivity index (χ4n) is 0.426. The lowest BCUT2D eigenvalue weighted by atomic mass is 10.3. The van der Waals surface area contributed by atoms with Crippen LogP contribution in [0.1, 0.15) is 12.8 Å². The Balaban J connectivity index is 2.94. The minimum absolute atomic E-state index is 0.414. The summed E-state index contributed by atoms with van der Waals surface area (Å²) < 4.78 is 1.14. The zero-order valence-electron chi connectivity index (χ0n) is 5.22. The predicted molar refractivity (Wildman–Crippen MR) is 47.9 cm³/mol. The van der Waals surface area contributed by atoms with Crippen molar-refractivity contribution in [3.05, 3.63) is 17.1 Å². The number of nitrogens with zero attached hydrogens (tertiary/aromatic N) is 1. The van der Waals surface area contributed by atoms with Gasteiger partial charge in [-0.2, -0.15) is 4.91 Å². The highest BCUT2D eigenvalue weighted by atomic mass is 127. The Hall–Kier alpha value is 0.0700. The molecule has 0 rings (SSSR count). The molecule has 0 heterocycles. The molecule has 0 aliphatic carbocycles. The van der Waals surface area contributed by atoms with Gasteiger partial charge < -0.3 is 0 Å². The quantitative estimate of drug-likeness (QED) is 0.238. The minimum Gasteiger partial charge on any atom is -0.151 e. The maximum absolute atomic E-state index is 9.55. The van der Waals surface area contributed by atoms with E-state index < -0.39 is 0 Å². The molecule has 0 amide bonds. The number of rotatable bonds is 5. The molecule has 0 aromatic heterocycles. The Bertz CT molecular complexity index is 93.1. The summed E-state index contributed by atoms with van der Waals surface area (Å²) in [6, 6.07) is 0. The lowest BCUT2D eigenvalue weighted by Gasteiger charge is -1.81. The summed E-state index contributed by atoms with van der Waals surface area (Å²) in [4.78, 5) is 9.55. The Labute approximate surface area is 68.8 Å². The van der Waals surface area contributed by atoms with Crippen LogP contribution in [-0.4, -0.2) is 11.0 Å². The van der Waals surface area contributed by atoms with Crippen LogP contribution >= 0.6 is 22.6 Å². The molecule has 0 spiro atoms. The monoisotopic (exact) mass is 239 g/mol. The van der Waals surface area contributed by atoms with E-state index in [1.807, 2.05) is 6.08 Å². The first-order valence-corrected chi connectivity index (χ1v) is 4.44. The number of alkyl halides is 1. The van der Waals surface area contributed by atoms with Crippen molar-refractivity contribution in [2.24, 2.45) is 5.18 Å². The van der Waals surface area contributed by atoms with Crippen molar-refractivity contribution in [2.45, 2.75) is 12.8 Å². The van der Waals surface area contributed by atoms with Crippen LogP contribution in [0.4, 0.5) is 0 Å². The third-order valence-corrected chi connectivity index (χ3v) is 1.45. The van der Waals surface area contributed by atoms with Gasteiger partial charge in [0.15, 0.2) is 0 Å². The molecule has 0 N–H and O–H groups in total. The average molecular weight is 239 g/mol. The molecule has 0 radical (unpaired) electrons. The maximum Gasteiger partial charge on any atom is 0.0845 e. The molecule has 52 valence electrons. The zero-order chi connectivity index (χ0) is 6.95. The normalized spacial score (nSPS) is 10.3. The SMILES string of the molecule is O=NCC/C=C/CCI. The van der Waals surface area contributed by atoms with Gasteiger partial charge in [-0.1, -0.05) is 39.9 Å². The Morgan fingerprint density at radius 1 is 1.33 bits per heavy atom. The maximum atomic E-state index is 9.55. The van der Waals surface area contributed by atoms with Crippen molar-refractivity contribution in [1.82, 2.24) is 0 Å². The van der Waals surface area contributed by atoms with E-state index in [1.54, 1.807) is 0 Å². The molecule has 0 aromatic carbocycles. The summed E-state index contributed by atoms with van der Waals surface area (Å²) in [6.07, 6.45) is 5.97. The lowest BCUT2D eigenvalue weighted by Crippen LogP contribution is -1.72. The van der Waals surface area contributed by atoms with E-state index in [1.165, 1.54) is 0 Å². The summed E-state index contributed by atoms with van der Waals surface area (Å²) in [5, 5.41) is 2.73. The molecule has 0 fully saturated rings. The molecule has 0 atom stereocenters. The first-order valence-electron chi connectivity index (χ1n) is 2.92. The van der Waals surface area contributed by atoms with Gasteiger partial charge in [0.05, 0.1) is 6.54 Å². The van der Waals surface area contributed by atoms with Crippen LogP contribution < -0.4 is 0 Å². The van der Waals surface area contributed by atoms with Crippen LogP contribution in [0.3, 0.4) is 0 Å². The van der Waals surface area contributed by atoms with E-state index in [0.717, 1.165) is 17.3 Å². The van der Waals surface area contributed by atoms with Crippen molar-refractivity contribution in [3.8, 4) is 0 Å². The van der Waals surface area contributed by atoms with Gasteiger partial charge in [0.1, 0.15) is 0 Å². The van der Waals surface area contributed by atoms with E-state index in [0.29, 0.717) is 6.54 Å². The number of halogens is 1. The van der Waals surface area contributed by atoms with Crippen molar-refractivity contribution >= 4 is 22.6 Å². The van der Waals surface area contributed by atoms with Crippen LogP contribution in [0.15, 0.2) is 17.3 Å². The van der Waals surface area contributed by atoms with E-state index in [-0.39, 0.29) is 0 Å². The summed E-state index contributed by atoms with van der Waals surface area (Å²) in [6.45, 7) is 0.414. The van der Waals surface area contributed by atoms with Gasteiger partial charge in [-0.15, -0.1) is 0 Å². The second-order valence-electron chi connectivity index (χ2n) is 1.59. The Morgan fingerprint density at radius 2 is 2.00 bits per heavy atom. The van der Waals surface area contributed by atoms with Crippen LogP contribution in [-0.2, 0) is 0 Å². The third-order valence-electron chi connectivity index (χ3n) is 0.829. The second-order valence-corrected chi connectivity index (χ2v) is 2.67. The highest BCUT2D eigenvalue weighted by Gasteiger charge is 1.77. The van der Waals surface area contributed by atoms with E-state index in [9.17, 15) is 4.91 Å². The van der Waals surface area contributed by atoms with Crippen molar-refractivity contribution in [1.29, 1.82) is 0 Å². The summed E-state index contributed by atoms with van der Waals surface area (Å²) >= 11 is 2.31. The predicted octanol–water partition coefficient (Wildman–Crippen LogP) is 2.52. The number of hydrogen-bond acceptors (Lipinski definition) is 2. The number of hydrogen-bond donors (Lipinski definition) is 0. The molecular formula is C6H10INO. The topological polar surface area (TPSA) is 29.4 Å². The molecule has 0 saturated heterocycles. The number of nitroso groups, excluding NO2 is 1. The molecule has 0 unspecified atom stereocenters. The molecule has 0 aliphatic heterocycles. The molecule has 9 heavy (non-hydrogen) atoms. The van der Waals surface area contributed by atoms with Crippen LogP contribution in [0.5, 0.6) is 0 Å².